The summed E-state index contributed by atoms with van der Waals surface area (Å²) < 4.78 is 25.3. The van der Waals surface area contributed by atoms with Gasteiger partial charge in [0.15, 0.2) is 0 Å². The van der Waals surface area contributed by atoms with Crippen molar-refractivity contribution < 1.29 is 8.42 Å². The van der Waals surface area contributed by atoms with Gasteiger partial charge in [-0.2, -0.15) is 0 Å². The van der Waals surface area contributed by atoms with E-state index in [0.29, 0.717) is 4.90 Å². The van der Waals surface area contributed by atoms with Crippen molar-refractivity contribution in [2.45, 2.75) is 45.1 Å². The number of rotatable bonds is 7. The fourth-order valence-corrected chi connectivity index (χ4v) is 2.71. The predicted molar refractivity (Wildman–Crippen MR) is 87.8 cm³/mol. The molecule has 0 spiro atoms. The summed E-state index contributed by atoms with van der Waals surface area (Å²) in [6.07, 6.45) is 1.12. The fraction of sp³-hybridized carbons (Fsp3) is 0.625. The summed E-state index contributed by atoms with van der Waals surface area (Å²) in [7, 11) is -0.262. The highest BCUT2D eigenvalue weighted by atomic mass is 32.2. The zero-order chi connectivity index (χ0) is 16.3. The van der Waals surface area contributed by atoms with Crippen LogP contribution in [0.3, 0.4) is 0 Å². The van der Waals surface area contributed by atoms with Gasteiger partial charge in [0.25, 0.3) is 0 Å². The third kappa shape index (κ3) is 4.80. The number of nitrogens with zero attached hydrogens (tertiary/aromatic N) is 1. The number of hydrogen-bond donors (Lipinski definition) is 1. The molecule has 21 heavy (non-hydrogen) atoms. The zero-order valence-electron chi connectivity index (χ0n) is 14.0. The molecule has 1 atom stereocenters. The van der Waals surface area contributed by atoms with Crippen molar-refractivity contribution in [3.05, 3.63) is 29.8 Å². The number of benzene rings is 1. The van der Waals surface area contributed by atoms with Crippen LogP contribution in [0.1, 0.15) is 45.7 Å². The van der Waals surface area contributed by atoms with Crippen LogP contribution in [0.15, 0.2) is 29.2 Å². The van der Waals surface area contributed by atoms with Gasteiger partial charge in [0.2, 0.25) is 10.0 Å². The maximum atomic E-state index is 12.0. The van der Waals surface area contributed by atoms with Crippen molar-refractivity contribution >= 4 is 10.0 Å². The van der Waals surface area contributed by atoms with Gasteiger partial charge < -0.3 is 5.32 Å². The lowest BCUT2D eigenvalue weighted by atomic mass is 9.90. The van der Waals surface area contributed by atoms with Crippen LogP contribution in [0.25, 0.3) is 0 Å². The fourth-order valence-electron chi connectivity index (χ4n) is 1.81. The molecule has 0 amide bonds. The van der Waals surface area contributed by atoms with Crippen LogP contribution >= 0.6 is 0 Å². The molecule has 0 saturated heterocycles. The van der Waals surface area contributed by atoms with Gasteiger partial charge in [0.1, 0.15) is 0 Å². The van der Waals surface area contributed by atoms with Crippen LogP contribution in [-0.2, 0) is 10.0 Å². The van der Waals surface area contributed by atoms with E-state index in [1.807, 2.05) is 12.1 Å². The van der Waals surface area contributed by atoms with E-state index in [-0.39, 0.29) is 11.5 Å². The molecule has 0 fully saturated rings. The lowest BCUT2D eigenvalue weighted by Crippen LogP contribution is -2.30. The third-order valence-electron chi connectivity index (χ3n) is 4.00. The third-order valence-corrected chi connectivity index (χ3v) is 5.83. The smallest absolute Gasteiger partial charge is 0.242 e. The highest BCUT2D eigenvalue weighted by molar-refractivity contribution is 7.89. The van der Waals surface area contributed by atoms with Crippen LogP contribution in [0.2, 0.25) is 0 Å². The zero-order valence-corrected chi connectivity index (χ0v) is 14.8. The minimum Gasteiger partial charge on any atom is -0.310 e. The molecule has 1 unspecified atom stereocenters. The first kappa shape index (κ1) is 18.1. The second-order valence-electron chi connectivity index (χ2n) is 6.48. The van der Waals surface area contributed by atoms with E-state index in [4.69, 9.17) is 0 Å². The largest absolute Gasteiger partial charge is 0.310 e. The van der Waals surface area contributed by atoms with Gasteiger partial charge in [-0.3, -0.25) is 0 Å². The van der Waals surface area contributed by atoms with Crippen LogP contribution < -0.4 is 5.32 Å². The first-order chi connectivity index (χ1) is 9.60. The summed E-state index contributed by atoms with van der Waals surface area (Å²) in [6, 6.07) is 7.31. The van der Waals surface area contributed by atoms with E-state index in [1.165, 1.54) is 4.31 Å². The molecule has 0 radical (unpaired) electrons. The van der Waals surface area contributed by atoms with E-state index in [1.54, 1.807) is 26.2 Å². The van der Waals surface area contributed by atoms with Gasteiger partial charge in [0.05, 0.1) is 4.90 Å². The molecule has 0 aromatic heterocycles. The van der Waals surface area contributed by atoms with Crippen molar-refractivity contribution in [3.63, 3.8) is 0 Å². The molecule has 0 heterocycles. The van der Waals surface area contributed by atoms with E-state index in [0.717, 1.165) is 18.5 Å². The Morgan fingerprint density at radius 1 is 1.19 bits per heavy atom. The number of sulfonamides is 1. The van der Waals surface area contributed by atoms with Crippen molar-refractivity contribution in [1.82, 2.24) is 9.62 Å². The van der Waals surface area contributed by atoms with E-state index >= 15 is 0 Å². The predicted octanol–water partition coefficient (Wildman–Crippen LogP) is 3.02. The summed E-state index contributed by atoms with van der Waals surface area (Å²) in [5.74, 6) is 0. The van der Waals surface area contributed by atoms with Crippen LogP contribution in [0.5, 0.6) is 0 Å². The maximum absolute atomic E-state index is 12.0. The Bertz CT molecular complexity index is 548. The Kier molecular flexibility index (Phi) is 5.96. The number of hydrogen-bond acceptors (Lipinski definition) is 3. The van der Waals surface area contributed by atoms with Crippen molar-refractivity contribution in [1.29, 1.82) is 0 Å². The molecule has 5 heteroatoms. The molecule has 1 aromatic carbocycles. The van der Waals surface area contributed by atoms with Gasteiger partial charge in [-0.15, -0.1) is 0 Å². The van der Waals surface area contributed by atoms with Gasteiger partial charge in [0, 0.05) is 26.7 Å². The SMILES string of the molecule is CCC(C)(C)CNC(C)c1ccc(S(=O)(=O)N(C)C)cc1. The Morgan fingerprint density at radius 3 is 2.14 bits per heavy atom. The van der Waals surface area contributed by atoms with Gasteiger partial charge in [-0.1, -0.05) is 32.9 Å². The molecule has 1 N–H and O–H groups in total. The first-order valence-electron chi connectivity index (χ1n) is 7.36. The van der Waals surface area contributed by atoms with E-state index in [2.05, 4.69) is 33.0 Å². The molecule has 0 bridgehead atoms. The van der Waals surface area contributed by atoms with Crippen molar-refractivity contribution in [3.8, 4) is 0 Å². The Balaban J connectivity index is 2.79. The normalized spacial score (nSPS) is 14.4. The Morgan fingerprint density at radius 2 is 1.71 bits per heavy atom. The summed E-state index contributed by atoms with van der Waals surface area (Å²) in [5.41, 5.74) is 1.36. The quantitative estimate of drug-likeness (QED) is 0.842. The summed E-state index contributed by atoms with van der Waals surface area (Å²) >= 11 is 0. The minimum absolute atomic E-state index is 0.201. The lowest BCUT2D eigenvalue weighted by Gasteiger charge is -2.26. The topological polar surface area (TPSA) is 49.4 Å². The van der Waals surface area contributed by atoms with Crippen LogP contribution in [0, 0.1) is 5.41 Å². The number of nitrogens with one attached hydrogen (secondary N) is 1. The average molecular weight is 312 g/mol. The van der Waals surface area contributed by atoms with Crippen LogP contribution in [0.4, 0.5) is 0 Å². The molecule has 120 valence electrons. The molecule has 1 rings (SSSR count). The molecule has 0 aliphatic carbocycles. The summed E-state index contributed by atoms with van der Waals surface area (Å²) in [4.78, 5) is 0.331. The van der Waals surface area contributed by atoms with Gasteiger partial charge >= 0.3 is 0 Å². The molecule has 4 nitrogen and oxygen atoms in total. The van der Waals surface area contributed by atoms with E-state index < -0.39 is 10.0 Å². The van der Waals surface area contributed by atoms with Gasteiger partial charge in [-0.25, -0.2) is 12.7 Å². The van der Waals surface area contributed by atoms with E-state index in [9.17, 15) is 8.42 Å². The van der Waals surface area contributed by atoms with Crippen molar-refractivity contribution in [2.75, 3.05) is 20.6 Å². The molecule has 0 aliphatic rings. The van der Waals surface area contributed by atoms with Gasteiger partial charge in [-0.05, 0) is 36.5 Å². The Labute approximate surface area is 129 Å². The van der Waals surface area contributed by atoms with Crippen molar-refractivity contribution in [2.24, 2.45) is 5.41 Å². The molecular formula is C16H28N2O2S. The second kappa shape index (κ2) is 6.90. The molecule has 0 aliphatic heterocycles. The highest BCUT2D eigenvalue weighted by Gasteiger charge is 2.19. The molecule has 1 aromatic rings. The summed E-state index contributed by atoms with van der Waals surface area (Å²) in [5, 5.41) is 3.51. The molecular weight excluding hydrogens is 284 g/mol. The Hall–Kier alpha value is -0.910. The standard InChI is InChI=1S/C16H28N2O2S/c1-7-16(3,4)12-17-13(2)14-8-10-15(11-9-14)21(19,20)18(5)6/h8-11,13,17H,7,12H2,1-6H3. The summed E-state index contributed by atoms with van der Waals surface area (Å²) in [6.45, 7) is 9.69. The van der Waals surface area contributed by atoms with Crippen LogP contribution in [-0.4, -0.2) is 33.4 Å². The maximum Gasteiger partial charge on any atom is 0.242 e. The highest BCUT2D eigenvalue weighted by Crippen LogP contribution is 2.22. The second-order valence-corrected chi connectivity index (χ2v) is 8.63. The average Bonchev–Trinajstić information content (AvgIpc) is 2.44. The first-order valence-corrected chi connectivity index (χ1v) is 8.80. The minimum atomic E-state index is -3.35. The molecule has 0 saturated carbocycles. The lowest BCUT2D eigenvalue weighted by molar-refractivity contribution is 0.314. The monoisotopic (exact) mass is 312 g/mol.